The number of carbonyl (C=O) groups excluding carboxylic acids is 1. The summed E-state index contributed by atoms with van der Waals surface area (Å²) in [6.07, 6.45) is 5.42. The van der Waals surface area contributed by atoms with Crippen LogP contribution >= 0.6 is 11.6 Å². The third-order valence-corrected chi connectivity index (χ3v) is 4.00. The second kappa shape index (κ2) is 4.76. The third kappa shape index (κ3) is 2.58. The lowest BCUT2D eigenvalue weighted by molar-refractivity contribution is 0.220. The second-order valence-corrected chi connectivity index (χ2v) is 5.52. The van der Waals surface area contributed by atoms with Crippen molar-refractivity contribution < 1.29 is 4.79 Å². The number of hydrogen-bond acceptors (Lipinski definition) is 2. The van der Waals surface area contributed by atoms with Crippen LogP contribution in [0.25, 0.3) is 0 Å². The molecule has 0 spiro atoms. The quantitative estimate of drug-likeness (QED) is 0.836. The third-order valence-electron chi connectivity index (χ3n) is 3.78. The number of nitrogens with zero attached hydrogens (tertiary/aromatic N) is 2. The summed E-state index contributed by atoms with van der Waals surface area (Å²) in [5.74, 6) is 1.60. The molecular formula is C13H16ClN3O. The van der Waals surface area contributed by atoms with Crippen LogP contribution in [0.3, 0.4) is 0 Å². The molecule has 1 saturated carbocycles. The summed E-state index contributed by atoms with van der Waals surface area (Å²) in [6, 6.07) is 3.41. The van der Waals surface area contributed by atoms with Crippen LogP contribution in [0.5, 0.6) is 0 Å². The molecule has 4 nitrogen and oxygen atoms in total. The number of halogens is 1. The molecule has 1 N–H and O–H groups in total. The van der Waals surface area contributed by atoms with Crippen LogP contribution in [0.4, 0.5) is 10.5 Å². The average molecular weight is 266 g/mol. The molecule has 0 aromatic carbocycles. The van der Waals surface area contributed by atoms with Crippen molar-refractivity contribution in [3.8, 4) is 0 Å². The molecule has 18 heavy (non-hydrogen) atoms. The highest BCUT2D eigenvalue weighted by Gasteiger charge is 2.37. The van der Waals surface area contributed by atoms with Gasteiger partial charge in [-0.15, -0.1) is 0 Å². The molecule has 0 radical (unpaired) electrons. The van der Waals surface area contributed by atoms with Crippen molar-refractivity contribution in [3.63, 3.8) is 0 Å². The Morgan fingerprint density at radius 3 is 2.83 bits per heavy atom. The SMILES string of the molecule is O=C(Nc1ccc(Cl)nc1)N1CCC(C2CC2)C1. The normalized spacial score (nSPS) is 23.2. The van der Waals surface area contributed by atoms with Gasteiger partial charge in [-0.1, -0.05) is 11.6 Å². The molecule has 0 bridgehead atoms. The zero-order valence-electron chi connectivity index (χ0n) is 10.1. The number of hydrogen-bond donors (Lipinski definition) is 1. The van der Waals surface area contributed by atoms with E-state index >= 15 is 0 Å². The number of likely N-dealkylation sites (tertiary alicyclic amines) is 1. The van der Waals surface area contributed by atoms with E-state index in [1.54, 1.807) is 18.3 Å². The number of rotatable bonds is 2. The van der Waals surface area contributed by atoms with Crippen molar-refractivity contribution in [1.82, 2.24) is 9.88 Å². The predicted octanol–water partition coefficient (Wildman–Crippen LogP) is 3.00. The minimum absolute atomic E-state index is 0.0257. The lowest BCUT2D eigenvalue weighted by Crippen LogP contribution is -2.33. The van der Waals surface area contributed by atoms with Crippen LogP contribution in [0.1, 0.15) is 19.3 Å². The van der Waals surface area contributed by atoms with E-state index in [1.165, 1.54) is 12.8 Å². The summed E-state index contributed by atoms with van der Waals surface area (Å²) in [5.41, 5.74) is 0.694. The number of nitrogens with one attached hydrogen (secondary N) is 1. The number of anilines is 1. The highest BCUT2D eigenvalue weighted by molar-refractivity contribution is 6.29. The van der Waals surface area contributed by atoms with Crippen molar-refractivity contribution >= 4 is 23.3 Å². The van der Waals surface area contributed by atoms with E-state index in [0.29, 0.717) is 10.8 Å². The van der Waals surface area contributed by atoms with Crippen LogP contribution in [-0.4, -0.2) is 29.0 Å². The van der Waals surface area contributed by atoms with Gasteiger partial charge >= 0.3 is 6.03 Å². The maximum Gasteiger partial charge on any atom is 0.321 e. The zero-order chi connectivity index (χ0) is 12.5. The largest absolute Gasteiger partial charge is 0.324 e. The fourth-order valence-corrected chi connectivity index (χ4v) is 2.69. The molecule has 96 valence electrons. The van der Waals surface area contributed by atoms with Gasteiger partial charge in [-0.25, -0.2) is 9.78 Å². The lowest BCUT2D eigenvalue weighted by Gasteiger charge is -2.17. The van der Waals surface area contributed by atoms with Gasteiger partial charge in [-0.2, -0.15) is 0 Å². The van der Waals surface area contributed by atoms with Crippen LogP contribution in [0.2, 0.25) is 5.15 Å². The Labute approximate surface area is 111 Å². The van der Waals surface area contributed by atoms with Crippen molar-refractivity contribution in [1.29, 1.82) is 0 Å². The molecule has 2 aliphatic rings. The van der Waals surface area contributed by atoms with Crippen molar-refractivity contribution in [2.75, 3.05) is 18.4 Å². The Bertz CT molecular complexity index is 444. The van der Waals surface area contributed by atoms with E-state index in [0.717, 1.165) is 31.3 Å². The fraction of sp³-hybridized carbons (Fsp3) is 0.538. The number of amides is 2. The number of carbonyl (C=O) groups is 1. The minimum Gasteiger partial charge on any atom is -0.324 e. The van der Waals surface area contributed by atoms with Gasteiger partial charge < -0.3 is 10.2 Å². The molecule has 1 aliphatic carbocycles. The molecule has 2 heterocycles. The Morgan fingerprint density at radius 2 is 2.17 bits per heavy atom. The average Bonchev–Trinajstić information content (AvgIpc) is 3.10. The van der Waals surface area contributed by atoms with E-state index < -0.39 is 0 Å². The molecule has 1 atom stereocenters. The van der Waals surface area contributed by atoms with E-state index in [1.807, 2.05) is 4.90 Å². The molecular weight excluding hydrogens is 250 g/mol. The first kappa shape index (κ1) is 11.8. The smallest absolute Gasteiger partial charge is 0.321 e. The van der Waals surface area contributed by atoms with Gasteiger partial charge in [0.2, 0.25) is 0 Å². The highest BCUT2D eigenvalue weighted by Crippen LogP contribution is 2.41. The topological polar surface area (TPSA) is 45.2 Å². The highest BCUT2D eigenvalue weighted by atomic mass is 35.5. The van der Waals surface area contributed by atoms with E-state index in [-0.39, 0.29) is 6.03 Å². The Kier molecular flexibility index (Phi) is 3.12. The number of aromatic nitrogens is 1. The van der Waals surface area contributed by atoms with Gasteiger partial charge in [0.05, 0.1) is 11.9 Å². The van der Waals surface area contributed by atoms with Gasteiger partial charge in [-0.3, -0.25) is 0 Å². The molecule has 1 saturated heterocycles. The molecule has 1 unspecified atom stereocenters. The van der Waals surface area contributed by atoms with Gasteiger partial charge in [0.15, 0.2) is 0 Å². The van der Waals surface area contributed by atoms with Crippen LogP contribution in [0, 0.1) is 11.8 Å². The molecule has 1 aliphatic heterocycles. The van der Waals surface area contributed by atoms with Crippen LogP contribution in [-0.2, 0) is 0 Å². The standard InChI is InChI=1S/C13H16ClN3O/c14-12-4-3-11(7-15-12)16-13(18)17-6-5-10(8-17)9-1-2-9/h3-4,7,9-10H,1-2,5-6,8H2,(H,16,18). The molecule has 2 amide bonds. The molecule has 3 rings (SSSR count). The van der Waals surface area contributed by atoms with E-state index in [2.05, 4.69) is 10.3 Å². The first-order chi connectivity index (χ1) is 8.72. The Balaban J connectivity index is 1.56. The first-order valence-electron chi connectivity index (χ1n) is 6.40. The van der Waals surface area contributed by atoms with E-state index in [4.69, 9.17) is 11.6 Å². The van der Waals surface area contributed by atoms with Crippen molar-refractivity contribution in [2.45, 2.75) is 19.3 Å². The van der Waals surface area contributed by atoms with Gasteiger partial charge in [0.25, 0.3) is 0 Å². The zero-order valence-corrected chi connectivity index (χ0v) is 10.9. The van der Waals surface area contributed by atoms with Crippen molar-refractivity contribution in [3.05, 3.63) is 23.5 Å². The van der Waals surface area contributed by atoms with Crippen LogP contribution < -0.4 is 5.32 Å². The summed E-state index contributed by atoms with van der Waals surface area (Å²) >= 11 is 5.70. The summed E-state index contributed by atoms with van der Waals surface area (Å²) in [6.45, 7) is 1.77. The fourth-order valence-electron chi connectivity index (χ4n) is 2.58. The molecule has 1 aromatic heterocycles. The van der Waals surface area contributed by atoms with Gasteiger partial charge in [-0.05, 0) is 43.2 Å². The minimum atomic E-state index is -0.0257. The summed E-state index contributed by atoms with van der Waals surface area (Å²) in [7, 11) is 0. The number of pyridine rings is 1. The Hall–Kier alpha value is -1.29. The maximum atomic E-state index is 12.0. The van der Waals surface area contributed by atoms with Gasteiger partial charge in [0.1, 0.15) is 5.15 Å². The summed E-state index contributed by atoms with van der Waals surface area (Å²) in [4.78, 5) is 17.9. The number of urea groups is 1. The predicted molar refractivity (Wildman–Crippen MR) is 70.7 cm³/mol. The summed E-state index contributed by atoms with van der Waals surface area (Å²) in [5, 5.41) is 3.29. The monoisotopic (exact) mass is 265 g/mol. The molecule has 2 fully saturated rings. The van der Waals surface area contributed by atoms with Gasteiger partial charge in [0, 0.05) is 13.1 Å². The molecule has 5 heteroatoms. The second-order valence-electron chi connectivity index (χ2n) is 5.13. The molecule has 1 aromatic rings. The lowest BCUT2D eigenvalue weighted by atomic mass is 10.0. The Morgan fingerprint density at radius 1 is 1.33 bits per heavy atom. The van der Waals surface area contributed by atoms with Crippen LogP contribution in [0.15, 0.2) is 18.3 Å². The summed E-state index contributed by atoms with van der Waals surface area (Å²) < 4.78 is 0. The maximum absolute atomic E-state index is 12.0. The van der Waals surface area contributed by atoms with E-state index in [9.17, 15) is 4.79 Å². The van der Waals surface area contributed by atoms with Crippen molar-refractivity contribution in [2.24, 2.45) is 11.8 Å². The first-order valence-corrected chi connectivity index (χ1v) is 6.77.